The Bertz CT molecular complexity index is 643. The number of hydrogen-bond donors (Lipinski definition) is 2. The van der Waals surface area contributed by atoms with E-state index in [1.54, 1.807) is 12.1 Å². The summed E-state index contributed by atoms with van der Waals surface area (Å²) in [6.07, 6.45) is 4.42. The fraction of sp³-hybridized carbons (Fsp3) is 0.529. The molecule has 6 heteroatoms. The van der Waals surface area contributed by atoms with Crippen LogP contribution in [0.25, 0.3) is 0 Å². The molecule has 2 saturated carbocycles. The molecule has 0 heterocycles. The average molecular weight is 356 g/mol. The zero-order valence-electron chi connectivity index (χ0n) is 12.6. The number of carbonyl (C=O) groups is 2. The number of hydrogen-bond acceptors (Lipinski definition) is 2. The van der Waals surface area contributed by atoms with Gasteiger partial charge >= 0.3 is 5.97 Å². The van der Waals surface area contributed by atoms with Crippen LogP contribution in [0.4, 0.5) is 0 Å². The SMILES string of the molecule is O=C(O)[C@H]1CC[C@@H](NC(=O)C2(c3ccc(Cl)c(Cl)c3)CCC2)C1. The Balaban J connectivity index is 1.74. The number of rotatable bonds is 4. The molecule has 1 amide bonds. The lowest BCUT2D eigenvalue weighted by atomic mass is 9.63. The topological polar surface area (TPSA) is 66.4 Å². The van der Waals surface area contributed by atoms with E-state index in [4.69, 9.17) is 28.3 Å². The lowest BCUT2D eigenvalue weighted by Gasteiger charge is -2.41. The summed E-state index contributed by atoms with van der Waals surface area (Å²) >= 11 is 12.1. The molecular weight excluding hydrogens is 337 g/mol. The molecule has 2 fully saturated rings. The average Bonchev–Trinajstić information content (AvgIpc) is 2.90. The Kier molecular flexibility index (Phi) is 4.56. The lowest BCUT2D eigenvalue weighted by molar-refractivity contribution is -0.141. The van der Waals surface area contributed by atoms with Gasteiger partial charge in [-0.15, -0.1) is 0 Å². The van der Waals surface area contributed by atoms with Gasteiger partial charge in [-0.05, 0) is 49.8 Å². The predicted octanol–water partition coefficient (Wildman–Crippen LogP) is 3.78. The van der Waals surface area contributed by atoms with E-state index in [2.05, 4.69) is 5.32 Å². The molecule has 2 N–H and O–H groups in total. The highest BCUT2D eigenvalue weighted by molar-refractivity contribution is 6.42. The molecular formula is C17H19Cl2NO3. The molecule has 0 aliphatic heterocycles. The summed E-state index contributed by atoms with van der Waals surface area (Å²) in [6, 6.07) is 5.31. The molecule has 0 bridgehead atoms. The van der Waals surface area contributed by atoms with E-state index in [0.29, 0.717) is 22.9 Å². The van der Waals surface area contributed by atoms with Crippen LogP contribution in [0.15, 0.2) is 18.2 Å². The van der Waals surface area contributed by atoms with Gasteiger partial charge in [-0.3, -0.25) is 9.59 Å². The second kappa shape index (κ2) is 6.33. The Morgan fingerprint density at radius 1 is 1.17 bits per heavy atom. The number of aliphatic carboxylic acids is 1. The first-order valence-electron chi connectivity index (χ1n) is 7.92. The fourth-order valence-electron chi connectivity index (χ4n) is 3.63. The van der Waals surface area contributed by atoms with Gasteiger partial charge in [-0.25, -0.2) is 0 Å². The van der Waals surface area contributed by atoms with Crippen LogP contribution < -0.4 is 5.32 Å². The molecule has 0 saturated heterocycles. The maximum absolute atomic E-state index is 12.8. The zero-order valence-corrected chi connectivity index (χ0v) is 14.2. The Morgan fingerprint density at radius 3 is 2.43 bits per heavy atom. The van der Waals surface area contributed by atoms with Crippen LogP contribution in [-0.2, 0) is 15.0 Å². The van der Waals surface area contributed by atoms with Gasteiger partial charge in [-0.1, -0.05) is 35.7 Å². The molecule has 0 unspecified atom stereocenters. The maximum Gasteiger partial charge on any atom is 0.306 e. The van der Waals surface area contributed by atoms with Crippen molar-refractivity contribution in [2.75, 3.05) is 0 Å². The summed E-state index contributed by atoms with van der Waals surface area (Å²) < 4.78 is 0. The molecule has 2 aliphatic rings. The molecule has 124 valence electrons. The lowest BCUT2D eigenvalue weighted by Crippen LogP contribution is -2.51. The van der Waals surface area contributed by atoms with Gasteiger partial charge < -0.3 is 10.4 Å². The first-order chi connectivity index (χ1) is 10.9. The van der Waals surface area contributed by atoms with E-state index in [-0.39, 0.29) is 17.9 Å². The van der Waals surface area contributed by atoms with Gasteiger partial charge in [0.25, 0.3) is 0 Å². The second-order valence-corrected chi connectivity index (χ2v) is 7.40. The number of carbonyl (C=O) groups excluding carboxylic acids is 1. The van der Waals surface area contributed by atoms with Crippen molar-refractivity contribution in [1.82, 2.24) is 5.32 Å². The minimum Gasteiger partial charge on any atom is -0.481 e. The van der Waals surface area contributed by atoms with Crippen LogP contribution in [0.2, 0.25) is 10.0 Å². The van der Waals surface area contributed by atoms with Crippen LogP contribution in [0.3, 0.4) is 0 Å². The van der Waals surface area contributed by atoms with Gasteiger partial charge in [0.05, 0.1) is 21.4 Å². The van der Waals surface area contributed by atoms with E-state index >= 15 is 0 Å². The Hall–Kier alpha value is -1.26. The fourth-order valence-corrected chi connectivity index (χ4v) is 3.93. The van der Waals surface area contributed by atoms with Gasteiger partial charge in [0, 0.05) is 6.04 Å². The molecule has 1 aromatic rings. The highest BCUT2D eigenvalue weighted by Crippen LogP contribution is 2.45. The van der Waals surface area contributed by atoms with Crippen molar-refractivity contribution >= 4 is 35.1 Å². The quantitative estimate of drug-likeness (QED) is 0.863. The van der Waals surface area contributed by atoms with E-state index in [9.17, 15) is 9.59 Å². The molecule has 0 spiro atoms. The van der Waals surface area contributed by atoms with Crippen molar-refractivity contribution in [2.45, 2.75) is 50.0 Å². The van der Waals surface area contributed by atoms with Gasteiger partial charge in [0.2, 0.25) is 5.91 Å². The highest BCUT2D eigenvalue weighted by Gasteiger charge is 2.46. The number of carboxylic acid groups (broad SMARTS) is 1. The summed E-state index contributed by atoms with van der Waals surface area (Å²) in [4.78, 5) is 23.9. The summed E-state index contributed by atoms with van der Waals surface area (Å²) in [5.41, 5.74) is 0.346. The molecule has 23 heavy (non-hydrogen) atoms. The minimum atomic E-state index is -0.774. The summed E-state index contributed by atoms with van der Waals surface area (Å²) in [7, 11) is 0. The largest absolute Gasteiger partial charge is 0.481 e. The van der Waals surface area contributed by atoms with E-state index in [1.807, 2.05) is 6.07 Å². The van der Waals surface area contributed by atoms with Crippen molar-refractivity contribution in [3.05, 3.63) is 33.8 Å². The number of nitrogens with one attached hydrogen (secondary N) is 1. The van der Waals surface area contributed by atoms with Gasteiger partial charge in [-0.2, -0.15) is 0 Å². The van der Waals surface area contributed by atoms with Crippen LogP contribution in [0.1, 0.15) is 44.1 Å². The van der Waals surface area contributed by atoms with Crippen molar-refractivity contribution in [3.8, 4) is 0 Å². The van der Waals surface area contributed by atoms with Crippen molar-refractivity contribution in [1.29, 1.82) is 0 Å². The number of benzene rings is 1. The van der Waals surface area contributed by atoms with Crippen LogP contribution >= 0.6 is 23.2 Å². The van der Waals surface area contributed by atoms with Crippen molar-refractivity contribution < 1.29 is 14.7 Å². The third-order valence-electron chi connectivity index (χ3n) is 5.23. The maximum atomic E-state index is 12.8. The van der Waals surface area contributed by atoms with Crippen LogP contribution in [0.5, 0.6) is 0 Å². The number of amides is 1. The van der Waals surface area contributed by atoms with E-state index < -0.39 is 11.4 Å². The monoisotopic (exact) mass is 355 g/mol. The Morgan fingerprint density at radius 2 is 1.91 bits per heavy atom. The minimum absolute atomic E-state index is 0.0156. The van der Waals surface area contributed by atoms with Crippen molar-refractivity contribution in [3.63, 3.8) is 0 Å². The van der Waals surface area contributed by atoms with Gasteiger partial charge in [0.1, 0.15) is 0 Å². The smallest absolute Gasteiger partial charge is 0.306 e. The third-order valence-corrected chi connectivity index (χ3v) is 5.97. The summed E-state index contributed by atoms with van der Waals surface area (Å²) in [5.74, 6) is -1.13. The molecule has 2 aliphatic carbocycles. The molecule has 2 atom stereocenters. The first kappa shape index (κ1) is 16.6. The normalized spacial score (nSPS) is 25.7. The Labute approximate surface area is 145 Å². The third kappa shape index (κ3) is 3.07. The standard InChI is InChI=1S/C17H19Cl2NO3/c18-13-5-3-11(9-14(13)19)17(6-1-7-17)16(23)20-12-4-2-10(8-12)15(21)22/h3,5,9-10,12H,1-2,4,6-8H2,(H,20,23)(H,21,22)/t10-,12+/m0/s1. The number of halogens is 2. The number of carboxylic acids is 1. The van der Waals surface area contributed by atoms with Crippen LogP contribution in [-0.4, -0.2) is 23.0 Å². The van der Waals surface area contributed by atoms with Crippen LogP contribution in [0, 0.1) is 5.92 Å². The summed E-state index contributed by atoms with van der Waals surface area (Å²) in [5, 5.41) is 13.1. The van der Waals surface area contributed by atoms with E-state index in [1.165, 1.54) is 0 Å². The predicted molar refractivity (Wildman–Crippen MR) is 88.9 cm³/mol. The second-order valence-electron chi connectivity index (χ2n) is 6.58. The van der Waals surface area contributed by atoms with Gasteiger partial charge in [0.15, 0.2) is 0 Å². The van der Waals surface area contributed by atoms with Crippen molar-refractivity contribution in [2.24, 2.45) is 5.92 Å². The highest BCUT2D eigenvalue weighted by atomic mass is 35.5. The summed E-state index contributed by atoms with van der Waals surface area (Å²) in [6.45, 7) is 0. The molecule has 4 nitrogen and oxygen atoms in total. The zero-order chi connectivity index (χ0) is 16.6. The van der Waals surface area contributed by atoms with E-state index in [0.717, 1.165) is 31.2 Å². The molecule has 0 radical (unpaired) electrons. The molecule has 0 aromatic heterocycles. The first-order valence-corrected chi connectivity index (χ1v) is 8.67. The molecule has 3 rings (SSSR count). The molecule has 1 aromatic carbocycles.